The maximum absolute atomic E-state index is 12.9. The predicted molar refractivity (Wildman–Crippen MR) is 105 cm³/mol. The van der Waals surface area contributed by atoms with Crippen LogP contribution in [0.3, 0.4) is 0 Å². The van der Waals surface area contributed by atoms with Crippen molar-refractivity contribution in [1.29, 1.82) is 0 Å². The lowest BCUT2D eigenvalue weighted by molar-refractivity contribution is 0.0622. The number of fused-ring (bicyclic) bond motifs is 1. The molecule has 4 rings (SSSR count). The fourth-order valence-corrected chi connectivity index (χ4v) is 3.50. The van der Waals surface area contributed by atoms with Gasteiger partial charge in [-0.2, -0.15) is 0 Å². The van der Waals surface area contributed by atoms with Gasteiger partial charge in [-0.05, 0) is 31.2 Å². The zero-order chi connectivity index (χ0) is 18.6. The van der Waals surface area contributed by atoms with Gasteiger partial charge in [0.15, 0.2) is 0 Å². The first-order valence-electron chi connectivity index (χ1n) is 9.41. The maximum Gasteiger partial charge on any atom is 0.257 e. The number of carbonyl (C=O) groups is 1. The van der Waals surface area contributed by atoms with Gasteiger partial charge in [-0.25, -0.2) is 4.98 Å². The van der Waals surface area contributed by atoms with Crippen LogP contribution in [0.1, 0.15) is 23.1 Å². The SMILES string of the molecule is CCOc1ccccc1C(=O)N1CCN(Cc2nc3ccccc3[nH]2)CC1. The van der Waals surface area contributed by atoms with Crippen molar-refractivity contribution < 1.29 is 9.53 Å². The van der Waals surface area contributed by atoms with E-state index in [0.29, 0.717) is 31.0 Å². The van der Waals surface area contributed by atoms with E-state index in [1.807, 2.05) is 60.4 Å². The molecule has 0 unspecified atom stereocenters. The molecule has 1 amide bonds. The first-order valence-corrected chi connectivity index (χ1v) is 9.41. The zero-order valence-electron chi connectivity index (χ0n) is 15.5. The molecule has 1 N–H and O–H groups in total. The van der Waals surface area contributed by atoms with Crippen LogP contribution in [0, 0.1) is 0 Å². The molecular weight excluding hydrogens is 340 g/mol. The summed E-state index contributed by atoms with van der Waals surface area (Å²) in [5.74, 6) is 1.68. The summed E-state index contributed by atoms with van der Waals surface area (Å²) in [5.41, 5.74) is 2.70. The van der Waals surface area contributed by atoms with Crippen LogP contribution >= 0.6 is 0 Å². The maximum atomic E-state index is 12.9. The number of benzene rings is 2. The molecule has 6 heteroatoms. The molecule has 0 saturated carbocycles. The minimum atomic E-state index is 0.0439. The molecule has 0 spiro atoms. The lowest BCUT2D eigenvalue weighted by Crippen LogP contribution is -2.48. The van der Waals surface area contributed by atoms with E-state index in [0.717, 1.165) is 36.5 Å². The third kappa shape index (κ3) is 3.80. The first kappa shape index (κ1) is 17.5. The second-order valence-corrected chi connectivity index (χ2v) is 6.70. The minimum Gasteiger partial charge on any atom is -0.493 e. The highest BCUT2D eigenvalue weighted by atomic mass is 16.5. The van der Waals surface area contributed by atoms with Gasteiger partial charge in [0, 0.05) is 26.2 Å². The zero-order valence-corrected chi connectivity index (χ0v) is 15.5. The number of para-hydroxylation sites is 3. The molecule has 1 aliphatic rings. The number of imidazole rings is 1. The van der Waals surface area contributed by atoms with Crippen LogP contribution in [0.5, 0.6) is 5.75 Å². The molecule has 2 heterocycles. The molecule has 1 aromatic heterocycles. The van der Waals surface area contributed by atoms with E-state index in [-0.39, 0.29) is 5.91 Å². The number of amides is 1. The van der Waals surface area contributed by atoms with Gasteiger partial charge < -0.3 is 14.6 Å². The normalized spacial score (nSPS) is 15.2. The molecule has 0 atom stereocenters. The lowest BCUT2D eigenvalue weighted by Gasteiger charge is -2.34. The fraction of sp³-hybridized carbons (Fsp3) is 0.333. The lowest BCUT2D eigenvalue weighted by atomic mass is 10.1. The summed E-state index contributed by atoms with van der Waals surface area (Å²) in [6.07, 6.45) is 0. The molecule has 1 aliphatic heterocycles. The summed E-state index contributed by atoms with van der Waals surface area (Å²) in [5, 5.41) is 0. The Kier molecular flexibility index (Phi) is 5.07. The molecule has 0 aliphatic carbocycles. The monoisotopic (exact) mass is 364 g/mol. The van der Waals surface area contributed by atoms with Crippen LogP contribution in [0.2, 0.25) is 0 Å². The smallest absolute Gasteiger partial charge is 0.257 e. The quantitative estimate of drug-likeness (QED) is 0.756. The first-order chi connectivity index (χ1) is 13.2. The summed E-state index contributed by atoms with van der Waals surface area (Å²) in [6, 6.07) is 15.5. The van der Waals surface area contributed by atoms with Crippen molar-refractivity contribution in [3.05, 3.63) is 59.9 Å². The fourth-order valence-electron chi connectivity index (χ4n) is 3.50. The summed E-state index contributed by atoms with van der Waals surface area (Å²) < 4.78 is 5.61. The van der Waals surface area contributed by atoms with Crippen LogP contribution < -0.4 is 4.74 Å². The Bertz CT molecular complexity index is 896. The number of nitrogens with one attached hydrogen (secondary N) is 1. The Labute approximate surface area is 158 Å². The molecular formula is C21H24N4O2. The molecule has 140 valence electrons. The molecule has 1 saturated heterocycles. The largest absolute Gasteiger partial charge is 0.493 e. The third-order valence-electron chi connectivity index (χ3n) is 4.89. The van der Waals surface area contributed by atoms with E-state index in [2.05, 4.69) is 14.9 Å². The van der Waals surface area contributed by atoms with Gasteiger partial charge in [-0.15, -0.1) is 0 Å². The molecule has 27 heavy (non-hydrogen) atoms. The number of hydrogen-bond acceptors (Lipinski definition) is 4. The predicted octanol–water partition coefficient (Wildman–Crippen LogP) is 2.92. The minimum absolute atomic E-state index is 0.0439. The number of aromatic amines is 1. The number of rotatable bonds is 5. The Morgan fingerprint density at radius 1 is 1.07 bits per heavy atom. The third-order valence-corrected chi connectivity index (χ3v) is 4.89. The average Bonchev–Trinajstić information content (AvgIpc) is 3.11. The highest BCUT2D eigenvalue weighted by molar-refractivity contribution is 5.97. The van der Waals surface area contributed by atoms with Gasteiger partial charge in [-0.1, -0.05) is 24.3 Å². The highest BCUT2D eigenvalue weighted by Gasteiger charge is 2.24. The van der Waals surface area contributed by atoms with Crippen molar-refractivity contribution in [3.8, 4) is 5.75 Å². The number of nitrogens with zero attached hydrogens (tertiary/aromatic N) is 3. The number of ether oxygens (including phenoxy) is 1. The summed E-state index contributed by atoms with van der Waals surface area (Å²) in [7, 11) is 0. The number of carbonyl (C=O) groups excluding carboxylic acids is 1. The number of hydrogen-bond donors (Lipinski definition) is 1. The van der Waals surface area contributed by atoms with E-state index in [1.54, 1.807) is 0 Å². The van der Waals surface area contributed by atoms with Crippen molar-refractivity contribution in [2.24, 2.45) is 0 Å². The summed E-state index contributed by atoms with van der Waals surface area (Å²) >= 11 is 0. The van der Waals surface area contributed by atoms with Gasteiger partial charge >= 0.3 is 0 Å². The Hall–Kier alpha value is -2.86. The topological polar surface area (TPSA) is 61.5 Å². The summed E-state index contributed by atoms with van der Waals surface area (Å²) in [4.78, 5) is 25.1. The molecule has 1 fully saturated rings. The van der Waals surface area contributed by atoms with Gasteiger partial charge in [0.05, 0.1) is 29.7 Å². The van der Waals surface area contributed by atoms with Crippen LogP contribution in [-0.4, -0.2) is 58.5 Å². The van der Waals surface area contributed by atoms with E-state index >= 15 is 0 Å². The van der Waals surface area contributed by atoms with Crippen molar-refractivity contribution in [1.82, 2.24) is 19.8 Å². The second-order valence-electron chi connectivity index (χ2n) is 6.70. The molecule has 3 aromatic rings. The van der Waals surface area contributed by atoms with Crippen molar-refractivity contribution in [2.75, 3.05) is 32.8 Å². The summed E-state index contributed by atoms with van der Waals surface area (Å²) in [6.45, 7) is 6.33. The van der Waals surface area contributed by atoms with Crippen molar-refractivity contribution >= 4 is 16.9 Å². The van der Waals surface area contributed by atoms with Crippen LogP contribution in [0.4, 0.5) is 0 Å². The number of H-pyrrole nitrogens is 1. The van der Waals surface area contributed by atoms with E-state index in [9.17, 15) is 4.79 Å². The number of piperazine rings is 1. The Balaban J connectivity index is 1.38. The average molecular weight is 364 g/mol. The molecule has 6 nitrogen and oxygen atoms in total. The molecule has 0 bridgehead atoms. The van der Waals surface area contributed by atoms with Crippen molar-refractivity contribution in [2.45, 2.75) is 13.5 Å². The second kappa shape index (κ2) is 7.80. The van der Waals surface area contributed by atoms with Gasteiger partial charge in [0.25, 0.3) is 5.91 Å². The van der Waals surface area contributed by atoms with Gasteiger partial charge in [0.1, 0.15) is 11.6 Å². The van der Waals surface area contributed by atoms with Crippen LogP contribution in [-0.2, 0) is 6.54 Å². The van der Waals surface area contributed by atoms with E-state index < -0.39 is 0 Å². The Morgan fingerprint density at radius 2 is 1.81 bits per heavy atom. The molecule has 2 aromatic carbocycles. The van der Waals surface area contributed by atoms with Crippen LogP contribution in [0.15, 0.2) is 48.5 Å². The number of aromatic nitrogens is 2. The Morgan fingerprint density at radius 3 is 2.59 bits per heavy atom. The highest BCUT2D eigenvalue weighted by Crippen LogP contribution is 2.21. The standard InChI is InChI=1S/C21H24N4O2/c1-2-27-19-10-6-3-7-16(19)21(26)25-13-11-24(12-14-25)15-20-22-17-8-4-5-9-18(17)23-20/h3-10H,2,11-15H2,1H3,(H,22,23). The van der Waals surface area contributed by atoms with Crippen LogP contribution in [0.25, 0.3) is 11.0 Å². The van der Waals surface area contributed by atoms with E-state index in [4.69, 9.17) is 4.74 Å². The molecule has 0 radical (unpaired) electrons. The van der Waals surface area contributed by atoms with Crippen molar-refractivity contribution in [3.63, 3.8) is 0 Å². The van der Waals surface area contributed by atoms with Gasteiger partial charge in [-0.3, -0.25) is 9.69 Å². The van der Waals surface area contributed by atoms with Gasteiger partial charge in [0.2, 0.25) is 0 Å². The van der Waals surface area contributed by atoms with E-state index in [1.165, 1.54) is 0 Å².